The summed E-state index contributed by atoms with van der Waals surface area (Å²) in [5, 5.41) is 12.1. The summed E-state index contributed by atoms with van der Waals surface area (Å²) in [6, 6.07) is 14.7. The molecule has 0 fully saturated rings. The van der Waals surface area contributed by atoms with Gasteiger partial charge in [-0.3, -0.25) is 0 Å². The first-order valence-corrected chi connectivity index (χ1v) is 6.39. The molecule has 2 rings (SSSR count). The molecule has 0 spiro atoms. The van der Waals surface area contributed by atoms with Crippen LogP contribution in [0.3, 0.4) is 0 Å². The maximum Gasteiger partial charge on any atom is 0.335 e. The van der Waals surface area contributed by atoms with E-state index >= 15 is 0 Å². The van der Waals surface area contributed by atoms with Crippen molar-refractivity contribution in [1.82, 2.24) is 0 Å². The Balaban J connectivity index is 1.87. The van der Waals surface area contributed by atoms with Gasteiger partial charge >= 0.3 is 5.97 Å². The van der Waals surface area contributed by atoms with Crippen molar-refractivity contribution < 1.29 is 14.6 Å². The maximum atomic E-state index is 10.7. The number of aromatic carboxylic acids is 1. The predicted octanol–water partition coefficient (Wildman–Crippen LogP) is 3.05. The third-order valence-corrected chi connectivity index (χ3v) is 3.01. The molecule has 4 nitrogen and oxygen atoms in total. The van der Waals surface area contributed by atoms with Gasteiger partial charge in [0.15, 0.2) is 0 Å². The Morgan fingerprint density at radius 2 is 1.95 bits per heavy atom. The Hall–Kier alpha value is -2.49. The van der Waals surface area contributed by atoms with Crippen LogP contribution in [0.25, 0.3) is 0 Å². The van der Waals surface area contributed by atoms with E-state index in [9.17, 15) is 4.79 Å². The second kappa shape index (κ2) is 6.61. The first-order chi connectivity index (χ1) is 9.69. The van der Waals surface area contributed by atoms with Gasteiger partial charge in [-0.25, -0.2) is 4.79 Å². The molecule has 104 valence electrons. The van der Waals surface area contributed by atoms with Gasteiger partial charge in [-0.1, -0.05) is 12.1 Å². The second-order valence-corrected chi connectivity index (χ2v) is 4.41. The lowest BCUT2D eigenvalue weighted by Gasteiger charge is -2.08. The zero-order valence-corrected chi connectivity index (χ0v) is 11.3. The van der Waals surface area contributed by atoms with Crippen LogP contribution in [0.1, 0.15) is 15.9 Å². The van der Waals surface area contributed by atoms with Gasteiger partial charge in [0, 0.05) is 12.2 Å². The predicted molar refractivity (Wildman–Crippen MR) is 78.6 cm³/mol. The summed E-state index contributed by atoms with van der Waals surface area (Å²) in [5.74, 6) is -0.0544. The molecule has 0 saturated heterocycles. The van der Waals surface area contributed by atoms with Crippen molar-refractivity contribution in [3.63, 3.8) is 0 Å². The molecule has 0 atom stereocenters. The van der Waals surface area contributed by atoms with Gasteiger partial charge in [0.25, 0.3) is 0 Å². The molecule has 0 aromatic heterocycles. The summed E-state index contributed by atoms with van der Waals surface area (Å²) in [4.78, 5) is 10.7. The normalized spacial score (nSPS) is 10.1. The Bertz CT molecular complexity index is 579. The highest BCUT2D eigenvalue weighted by Gasteiger charge is 2.01. The first kappa shape index (κ1) is 13.9. The molecule has 0 heterocycles. The lowest BCUT2D eigenvalue weighted by molar-refractivity contribution is 0.0697. The van der Waals surface area contributed by atoms with Crippen molar-refractivity contribution in [3.8, 4) is 5.75 Å². The highest BCUT2D eigenvalue weighted by atomic mass is 16.5. The zero-order valence-electron chi connectivity index (χ0n) is 11.3. The standard InChI is InChI=1S/C16H17NO3/c1-20-15-4-2-3-12(11-15)9-10-17-14-7-5-13(6-8-14)16(18)19/h2-8,11,17H,9-10H2,1H3,(H,18,19). The Morgan fingerprint density at radius 1 is 1.20 bits per heavy atom. The topological polar surface area (TPSA) is 58.6 Å². The monoisotopic (exact) mass is 271 g/mol. The molecule has 0 amide bonds. The summed E-state index contributed by atoms with van der Waals surface area (Å²) in [6.45, 7) is 0.777. The van der Waals surface area contributed by atoms with Crippen molar-refractivity contribution >= 4 is 11.7 Å². The van der Waals surface area contributed by atoms with Crippen molar-refractivity contribution in [2.75, 3.05) is 19.0 Å². The number of anilines is 1. The molecule has 0 bridgehead atoms. The fraction of sp³-hybridized carbons (Fsp3) is 0.188. The third-order valence-electron chi connectivity index (χ3n) is 3.01. The molecule has 4 heteroatoms. The molecule has 0 aliphatic rings. The van der Waals surface area contributed by atoms with Gasteiger partial charge in [-0.05, 0) is 48.4 Å². The first-order valence-electron chi connectivity index (χ1n) is 6.39. The average molecular weight is 271 g/mol. The number of carboxylic acids is 1. The van der Waals surface area contributed by atoms with Crippen LogP contribution in [-0.2, 0) is 6.42 Å². The van der Waals surface area contributed by atoms with Crippen molar-refractivity contribution in [1.29, 1.82) is 0 Å². The largest absolute Gasteiger partial charge is 0.497 e. The average Bonchev–Trinajstić information content (AvgIpc) is 2.48. The van der Waals surface area contributed by atoms with Crippen molar-refractivity contribution in [3.05, 3.63) is 59.7 Å². The van der Waals surface area contributed by atoms with E-state index in [1.165, 1.54) is 5.56 Å². The number of methoxy groups -OCH3 is 1. The number of carboxylic acid groups (broad SMARTS) is 1. The Morgan fingerprint density at radius 3 is 2.60 bits per heavy atom. The maximum absolute atomic E-state index is 10.7. The fourth-order valence-corrected chi connectivity index (χ4v) is 1.91. The van der Waals surface area contributed by atoms with E-state index in [-0.39, 0.29) is 0 Å². The van der Waals surface area contributed by atoms with Crippen LogP contribution < -0.4 is 10.1 Å². The van der Waals surface area contributed by atoms with Crippen molar-refractivity contribution in [2.45, 2.75) is 6.42 Å². The number of hydrogen-bond donors (Lipinski definition) is 2. The van der Waals surface area contributed by atoms with Gasteiger partial charge in [-0.2, -0.15) is 0 Å². The van der Waals surface area contributed by atoms with Crippen LogP contribution in [0, 0.1) is 0 Å². The number of carbonyl (C=O) groups is 1. The second-order valence-electron chi connectivity index (χ2n) is 4.41. The summed E-state index contributed by atoms with van der Waals surface area (Å²) in [5.41, 5.74) is 2.40. The minimum atomic E-state index is -0.909. The highest BCUT2D eigenvalue weighted by molar-refractivity contribution is 5.87. The van der Waals surface area contributed by atoms with Crippen LogP contribution in [0.2, 0.25) is 0 Å². The molecule has 0 radical (unpaired) electrons. The summed E-state index contributed by atoms with van der Waals surface area (Å²) < 4.78 is 5.18. The summed E-state index contributed by atoms with van der Waals surface area (Å²) in [7, 11) is 1.65. The van der Waals surface area contributed by atoms with E-state index in [4.69, 9.17) is 9.84 Å². The molecule has 0 unspecified atom stereocenters. The molecule has 2 N–H and O–H groups in total. The quantitative estimate of drug-likeness (QED) is 0.847. The molecule has 20 heavy (non-hydrogen) atoms. The summed E-state index contributed by atoms with van der Waals surface area (Å²) in [6.07, 6.45) is 0.873. The number of rotatable bonds is 6. The molecule has 2 aromatic rings. The van der Waals surface area contributed by atoms with Gasteiger partial charge < -0.3 is 15.2 Å². The van der Waals surface area contributed by atoms with Crippen LogP contribution in [0.15, 0.2) is 48.5 Å². The Kier molecular flexibility index (Phi) is 4.60. The highest BCUT2D eigenvalue weighted by Crippen LogP contribution is 2.14. The van der Waals surface area contributed by atoms with E-state index in [2.05, 4.69) is 11.4 Å². The van der Waals surface area contributed by atoms with Crippen LogP contribution >= 0.6 is 0 Å². The Labute approximate surface area is 118 Å². The smallest absolute Gasteiger partial charge is 0.335 e. The van der Waals surface area contributed by atoms with Crippen molar-refractivity contribution in [2.24, 2.45) is 0 Å². The molecule has 0 aliphatic carbocycles. The molecule has 0 saturated carbocycles. The van der Waals surface area contributed by atoms with Crippen LogP contribution in [0.4, 0.5) is 5.69 Å². The van der Waals surface area contributed by atoms with E-state index in [1.54, 1.807) is 31.4 Å². The number of nitrogens with one attached hydrogen (secondary N) is 1. The molecule has 2 aromatic carbocycles. The van der Waals surface area contributed by atoms with Crippen LogP contribution in [0.5, 0.6) is 5.75 Å². The van der Waals surface area contributed by atoms with Gasteiger partial charge in [-0.15, -0.1) is 0 Å². The van der Waals surface area contributed by atoms with E-state index in [0.29, 0.717) is 5.56 Å². The zero-order chi connectivity index (χ0) is 14.4. The van der Waals surface area contributed by atoms with Gasteiger partial charge in [0.1, 0.15) is 5.75 Å². The van der Waals surface area contributed by atoms with E-state index < -0.39 is 5.97 Å². The number of benzene rings is 2. The van der Waals surface area contributed by atoms with E-state index in [0.717, 1.165) is 24.4 Å². The van der Waals surface area contributed by atoms with E-state index in [1.807, 2.05) is 18.2 Å². The van der Waals surface area contributed by atoms with Crippen LogP contribution in [-0.4, -0.2) is 24.7 Å². The third kappa shape index (κ3) is 3.75. The minimum absolute atomic E-state index is 0.295. The lowest BCUT2D eigenvalue weighted by atomic mass is 10.1. The SMILES string of the molecule is COc1cccc(CCNc2ccc(C(=O)O)cc2)c1. The molecule has 0 aliphatic heterocycles. The lowest BCUT2D eigenvalue weighted by Crippen LogP contribution is -2.05. The minimum Gasteiger partial charge on any atom is -0.497 e. The van der Waals surface area contributed by atoms with Gasteiger partial charge in [0.05, 0.1) is 12.7 Å². The number of hydrogen-bond acceptors (Lipinski definition) is 3. The summed E-state index contributed by atoms with van der Waals surface area (Å²) >= 11 is 0. The molecular formula is C16H17NO3. The number of ether oxygens (including phenoxy) is 1. The fourth-order valence-electron chi connectivity index (χ4n) is 1.91. The van der Waals surface area contributed by atoms with Gasteiger partial charge in [0.2, 0.25) is 0 Å². The molecular weight excluding hydrogens is 254 g/mol.